The highest BCUT2D eigenvalue weighted by Gasteiger charge is 2.13. The molecule has 4 heteroatoms. The summed E-state index contributed by atoms with van der Waals surface area (Å²) in [5.41, 5.74) is 1.50. The topological polar surface area (TPSA) is 46.5 Å². The SMILES string of the molecule is O=C(CCc1ccccc1)c1ccc(Br)cc1OO. The van der Waals surface area contributed by atoms with Gasteiger partial charge in [-0.2, -0.15) is 0 Å². The summed E-state index contributed by atoms with van der Waals surface area (Å²) in [5, 5.41) is 8.80. The van der Waals surface area contributed by atoms with Crippen LogP contribution < -0.4 is 4.89 Å². The number of ketones is 1. The first-order valence-corrected chi connectivity index (χ1v) is 6.68. The van der Waals surface area contributed by atoms with Crippen molar-refractivity contribution in [1.82, 2.24) is 0 Å². The van der Waals surface area contributed by atoms with E-state index in [0.29, 0.717) is 18.4 Å². The summed E-state index contributed by atoms with van der Waals surface area (Å²) in [6.45, 7) is 0. The van der Waals surface area contributed by atoms with Crippen LogP contribution >= 0.6 is 15.9 Å². The second kappa shape index (κ2) is 6.50. The van der Waals surface area contributed by atoms with Crippen molar-refractivity contribution in [3.63, 3.8) is 0 Å². The maximum atomic E-state index is 12.1. The molecule has 0 atom stereocenters. The van der Waals surface area contributed by atoms with Crippen molar-refractivity contribution < 1.29 is 14.9 Å². The fourth-order valence-electron chi connectivity index (χ4n) is 1.84. The van der Waals surface area contributed by atoms with Gasteiger partial charge in [0.25, 0.3) is 0 Å². The molecule has 0 spiro atoms. The van der Waals surface area contributed by atoms with Crippen LogP contribution in [0.2, 0.25) is 0 Å². The van der Waals surface area contributed by atoms with Crippen molar-refractivity contribution >= 4 is 21.7 Å². The van der Waals surface area contributed by atoms with E-state index in [2.05, 4.69) is 20.8 Å². The lowest BCUT2D eigenvalue weighted by Gasteiger charge is -2.06. The lowest BCUT2D eigenvalue weighted by molar-refractivity contribution is -0.138. The Balaban J connectivity index is 2.08. The van der Waals surface area contributed by atoms with Crippen LogP contribution in [-0.4, -0.2) is 11.0 Å². The van der Waals surface area contributed by atoms with Gasteiger partial charge < -0.3 is 4.89 Å². The Morgan fingerprint density at radius 3 is 2.58 bits per heavy atom. The molecule has 0 aromatic heterocycles. The Morgan fingerprint density at radius 1 is 1.16 bits per heavy atom. The summed E-state index contributed by atoms with van der Waals surface area (Å²) < 4.78 is 0.746. The number of halogens is 1. The van der Waals surface area contributed by atoms with Gasteiger partial charge in [0.15, 0.2) is 11.5 Å². The molecule has 0 saturated heterocycles. The molecule has 0 aliphatic carbocycles. The van der Waals surface area contributed by atoms with Crippen LogP contribution in [0.5, 0.6) is 5.75 Å². The van der Waals surface area contributed by atoms with Crippen molar-refractivity contribution in [3.8, 4) is 5.75 Å². The third-order valence-corrected chi connectivity index (χ3v) is 3.32. The Kier molecular flexibility index (Phi) is 4.71. The standard InChI is InChI=1S/C15H13BrO3/c16-12-7-8-13(15(10-12)19-18)14(17)9-6-11-4-2-1-3-5-11/h1-5,7-8,10,18H,6,9H2. The minimum Gasteiger partial charge on any atom is -0.339 e. The van der Waals surface area contributed by atoms with E-state index in [4.69, 9.17) is 5.26 Å². The highest BCUT2D eigenvalue weighted by molar-refractivity contribution is 9.10. The molecule has 98 valence electrons. The minimum atomic E-state index is -0.0552. The van der Waals surface area contributed by atoms with E-state index >= 15 is 0 Å². The second-order valence-corrected chi connectivity index (χ2v) is 5.06. The van der Waals surface area contributed by atoms with E-state index in [-0.39, 0.29) is 11.5 Å². The van der Waals surface area contributed by atoms with E-state index in [0.717, 1.165) is 10.0 Å². The quantitative estimate of drug-likeness (QED) is 0.512. The van der Waals surface area contributed by atoms with Crippen LogP contribution in [0, 0.1) is 0 Å². The largest absolute Gasteiger partial charge is 0.339 e. The molecule has 1 N–H and O–H groups in total. The first-order valence-electron chi connectivity index (χ1n) is 5.89. The zero-order chi connectivity index (χ0) is 13.7. The molecule has 0 unspecified atom stereocenters. The van der Waals surface area contributed by atoms with Crippen LogP contribution in [0.3, 0.4) is 0 Å². The molecule has 0 fully saturated rings. The van der Waals surface area contributed by atoms with E-state index in [1.165, 1.54) is 0 Å². The molecular formula is C15H13BrO3. The first kappa shape index (κ1) is 13.8. The van der Waals surface area contributed by atoms with E-state index in [1.54, 1.807) is 18.2 Å². The van der Waals surface area contributed by atoms with Gasteiger partial charge in [0.05, 0.1) is 5.56 Å². The number of carbonyl (C=O) groups is 1. The molecule has 3 nitrogen and oxygen atoms in total. The zero-order valence-corrected chi connectivity index (χ0v) is 11.8. The number of benzene rings is 2. The van der Waals surface area contributed by atoms with Gasteiger partial charge in [-0.25, -0.2) is 5.26 Å². The molecule has 19 heavy (non-hydrogen) atoms. The Bertz CT molecular complexity index is 567. The monoisotopic (exact) mass is 320 g/mol. The van der Waals surface area contributed by atoms with E-state index in [9.17, 15) is 4.79 Å². The lowest BCUT2D eigenvalue weighted by Crippen LogP contribution is -2.04. The molecule has 0 heterocycles. The van der Waals surface area contributed by atoms with Gasteiger partial charge in [0, 0.05) is 10.9 Å². The number of aryl methyl sites for hydroxylation is 1. The van der Waals surface area contributed by atoms with Gasteiger partial charge in [-0.15, -0.1) is 0 Å². The van der Waals surface area contributed by atoms with Gasteiger partial charge in [0.1, 0.15) is 0 Å². The Labute approximate surface area is 119 Å². The summed E-state index contributed by atoms with van der Waals surface area (Å²) >= 11 is 3.26. The molecule has 2 aromatic rings. The number of Topliss-reactive ketones (excluding diaryl/α,β-unsaturated/α-hetero) is 1. The van der Waals surface area contributed by atoms with Gasteiger partial charge in [0.2, 0.25) is 0 Å². The normalized spacial score (nSPS) is 10.2. The number of hydrogen-bond acceptors (Lipinski definition) is 3. The summed E-state index contributed by atoms with van der Waals surface area (Å²) in [6.07, 6.45) is 1.04. The van der Waals surface area contributed by atoms with Gasteiger partial charge in [-0.3, -0.25) is 4.79 Å². The molecule has 0 radical (unpaired) electrons. The highest BCUT2D eigenvalue weighted by Crippen LogP contribution is 2.24. The molecule has 0 saturated carbocycles. The summed E-state index contributed by atoms with van der Waals surface area (Å²) in [6, 6.07) is 14.8. The maximum absolute atomic E-state index is 12.1. The van der Waals surface area contributed by atoms with Crippen molar-refractivity contribution in [2.24, 2.45) is 0 Å². The Morgan fingerprint density at radius 2 is 1.89 bits per heavy atom. The third-order valence-electron chi connectivity index (χ3n) is 2.83. The van der Waals surface area contributed by atoms with Gasteiger partial charge in [-0.1, -0.05) is 46.3 Å². The van der Waals surface area contributed by atoms with Crippen molar-refractivity contribution in [1.29, 1.82) is 0 Å². The van der Waals surface area contributed by atoms with E-state index < -0.39 is 0 Å². The lowest BCUT2D eigenvalue weighted by atomic mass is 10.0. The van der Waals surface area contributed by atoms with Crippen LogP contribution in [0.25, 0.3) is 0 Å². The fourth-order valence-corrected chi connectivity index (χ4v) is 2.18. The maximum Gasteiger partial charge on any atom is 0.177 e. The predicted molar refractivity (Wildman–Crippen MR) is 76.5 cm³/mol. The molecular weight excluding hydrogens is 308 g/mol. The fraction of sp³-hybridized carbons (Fsp3) is 0.133. The summed E-state index contributed by atoms with van der Waals surface area (Å²) in [7, 11) is 0. The van der Waals surface area contributed by atoms with Gasteiger partial charge in [-0.05, 0) is 30.2 Å². The van der Waals surface area contributed by atoms with Crippen LogP contribution in [-0.2, 0) is 6.42 Å². The predicted octanol–water partition coefficient (Wildman–Crippen LogP) is 4.12. The minimum absolute atomic E-state index is 0.0552. The highest BCUT2D eigenvalue weighted by atomic mass is 79.9. The number of carbonyl (C=O) groups excluding carboxylic acids is 1. The van der Waals surface area contributed by atoms with Crippen LogP contribution in [0.15, 0.2) is 53.0 Å². The smallest absolute Gasteiger partial charge is 0.177 e. The summed E-state index contributed by atoms with van der Waals surface area (Å²) in [4.78, 5) is 16.4. The third kappa shape index (κ3) is 3.66. The average Bonchev–Trinajstić information content (AvgIpc) is 2.45. The number of hydrogen-bond donors (Lipinski definition) is 1. The number of rotatable bonds is 5. The molecule has 2 rings (SSSR count). The molecule has 0 amide bonds. The average molecular weight is 321 g/mol. The molecule has 0 aliphatic rings. The summed E-state index contributed by atoms with van der Waals surface area (Å²) in [5.74, 6) is 0.118. The van der Waals surface area contributed by atoms with Crippen molar-refractivity contribution in [2.75, 3.05) is 0 Å². The van der Waals surface area contributed by atoms with Crippen LogP contribution in [0.4, 0.5) is 0 Å². The molecule has 2 aromatic carbocycles. The molecule has 0 bridgehead atoms. The second-order valence-electron chi connectivity index (χ2n) is 4.14. The van der Waals surface area contributed by atoms with Crippen LogP contribution in [0.1, 0.15) is 22.3 Å². The van der Waals surface area contributed by atoms with E-state index in [1.807, 2.05) is 30.3 Å². The van der Waals surface area contributed by atoms with Crippen molar-refractivity contribution in [3.05, 3.63) is 64.1 Å². The Hall–Kier alpha value is -1.65. The van der Waals surface area contributed by atoms with Gasteiger partial charge >= 0.3 is 0 Å². The first-order chi connectivity index (χ1) is 9.20. The molecule has 0 aliphatic heterocycles. The zero-order valence-electron chi connectivity index (χ0n) is 10.2. The van der Waals surface area contributed by atoms with Crippen molar-refractivity contribution in [2.45, 2.75) is 12.8 Å².